The Bertz CT molecular complexity index is 430. The number of benzene rings is 2. The van der Waals surface area contributed by atoms with Gasteiger partial charge in [0.05, 0.1) is 6.10 Å². The van der Waals surface area contributed by atoms with E-state index >= 15 is 0 Å². The van der Waals surface area contributed by atoms with Crippen LogP contribution in [0.3, 0.4) is 0 Å². The lowest BCUT2D eigenvalue weighted by Gasteiger charge is -2.21. The molecule has 2 aromatic carbocycles. The SMILES string of the molecule is CNCC(O)CC(c1ccccc1)c1ccccc1. The van der Waals surface area contributed by atoms with Gasteiger partial charge in [0.15, 0.2) is 0 Å². The van der Waals surface area contributed by atoms with Gasteiger partial charge in [-0.3, -0.25) is 0 Å². The van der Waals surface area contributed by atoms with E-state index in [0.29, 0.717) is 6.54 Å². The third-order valence-corrected chi connectivity index (χ3v) is 3.35. The molecule has 0 aliphatic rings. The van der Waals surface area contributed by atoms with Gasteiger partial charge in [0.1, 0.15) is 0 Å². The van der Waals surface area contributed by atoms with E-state index in [4.69, 9.17) is 0 Å². The van der Waals surface area contributed by atoms with E-state index in [1.165, 1.54) is 11.1 Å². The molecule has 0 radical (unpaired) electrons. The Labute approximate surface area is 115 Å². The molecule has 1 unspecified atom stereocenters. The first-order chi connectivity index (χ1) is 9.31. The van der Waals surface area contributed by atoms with E-state index in [9.17, 15) is 5.11 Å². The molecule has 1 atom stereocenters. The zero-order chi connectivity index (χ0) is 13.5. The molecule has 0 saturated heterocycles. The number of aliphatic hydroxyl groups excluding tert-OH is 1. The van der Waals surface area contributed by atoms with Gasteiger partial charge in [-0.1, -0.05) is 60.7 Å². The standard InChI is InChI=1S/C17H21NO/c1-18-13-16(19)12-17(14-8-4-2-5-9-14)15-10-6-3-7-11-15/h2-11,16-19H,12-13H2,1H3. The van der Waals surface area contributed by atoms with Crippen molar-refractivity contribution in [3.63, 3.8) is 0 Å². The molecule has 0 aliphatic heterocycles. The first kappa shape index (κ1) is 13.8. The van der Waals surface area contributed by atoms with Crippen molar-refractivity contribution in [1.82, 2.24) is 5.32 Å². The van der Waals surface area contributed by atoms with E-state index in [0.717, 1.165) is 6.42 Å². The maximum Gasteiger partial charge on any atom is 0.0673 e. The van der Waals surface area contributed by atoms with Crippen LogP contribution in [0.1, 0.15) is 23.5 Å². The Kier molecular flexibility index (Phi) is 5.13. The summed E-state index contributed by atoms with van der Waals surface area (Å²) >= 11 is 0. The highest BCUT2D eigenvalue weighted by molar-refractivity contribution is 5.32. The topological polar surface area (TPSA) is 32.3 Å². The van der Waals surface area contributed by atoms with Crippen LogP contribution in [0.15, 0.2) is 60.7 Å². The van der Waals surface area contributed by atoms with Crippen LogP contribution < -0.4 is 5.32 Å². The van der Waals surface area contributed by atoms with Gasteiger partial charge in [-0.25, -0.2) is 0 Å². The number of likely N-dealkylation sites (N-methyl/N-ethyl adjacent to an activating group) is 1. The maximum absolute atomic E-state index is 10.1. The third-order valence-electron chi connectivity index (χ3n) is 3.35. The molecule has 0 amide bonds. The fourth-order valence-electron chi connectivity index (χ4n) is 2.43. The van der Waals surface area contributed by atoms with Gasteiger partial charge in [-0.05, 0) is 24.6 Å². The summed E-state index contributed by atoms with van der Waals surface area (Å²) in [4.78, 5) is 0. The van der Waals surface area contributed by atoms with Crippen molar-refractivity contribution in [1.29, 1.82) is 0 Å². The summed E-state index contributed by atoms with van der Waals surface area (Å²) in [5.74, 6) is 0.241. The Balaban J connectivity index is 2.24. The van der Waals surface area contributed by atoms with Gasteiger partial charge in [0.25, 0.3) is 0 Å². The minimum Gasteiger partial charge on any atom is -0.392 e. The van der Waals surface area contributed by atoms with Crippen molar-refractivity contribution < 1.29 is 5.11 Å². The molecule has 0 heterocycles. The van der Waals surface area contributed by atoms with Crippen LogP contribution >= 0.6 is 0 Å². The molecule has 2 rings (SSSR count). The Hall–Kier alpha value is -1.64. The quantitative estimate of drug-likeness (QED) is 0.832. The number of hydrogen-bond donors (Lipinski definition) is 2. The summed E-state index contributed by atoms with van der Waals surface area (Å²) in [6, 6.07) is 20.8. The summed E-state index contributed by atoms with van der Waals surface area (Å²) in [5, 5.41) is 13.1. The van der Waals surface area contributed by atoms with Crippen LogP contribution in [0, 0.1) is 0 Å². The number of rotatable bonds is 6. The van der Waals surface area contributed by atoms with Crippen molar-refractivity contribution in [2.45, 2.75) is 18.4 Å². The minimum absolute atomic E-state index is 0.241. The summed E-state index contributed by atoms with van der Waals surface area (Å²) in [5.41, 5.74) is 2.51. The molecule has 2 nitrogen and oxygen atoms in total. The van der Waals surface area contributed by atoms with Crippen molar-refractivity contribution in [2.75, 3.05) is 13.6 Å². The highest BCUT2D eigenvalue weighted by atomic mass is 16.3. The van der Waals surface area contributed by atoms with E-state index in [1.807, 2.05) is 19.2 Å². The molecule has 0 bridgehead atoms. The highest BCUT2D eigenvalue weighted by Crippen LogP contribution is 2.28. The van der Waals surface area contributed by atoms with E-state index in [1.54, 1.807) is 0 Å². The minimum atomic E-state index is -0.338. The van der Waals surface area contributed by atoms with Crippen LogP contribution in [-0.2, 0) is 0 Å². The van der Waals surface area contributed by atoms with E-state index in [2.05, 4.69) is 53.8 Å². The smallest absolute Gasteiger partial charge is 0.0673 e. The molecular formula is C17H21NO. The van der Waals surface area contributed by atoms with Gasteiger partial charge in [-0.15, -0.1) is 0 Å². The molecule has 19 heavy (non-hydrogen) atoms. The number of aliphatic hydroxyl groups is 1. The molecule has 0 saturated carbocycles. The Morgan fingerprint density at radius 1 is 0.895 bits per heavy atom. The molecule has 0 aromatic heterocycles. The average molecular weight is 255 g/mol. The summed E-state index contributed by atoms with van der Waals surface area (Å²) < 4.78 is 0. The third kappa shape index (κ3) is 3.91. The van der Waals surface area contributed by atoms with Crippen molar-refractivity contribution in [2.24, 2.45) is 0 Å². The highest BCUT2D eigenvalue weighted by Gasteiger charge is 2.17. The molecule has 0 aliphatic carbocycles. The lowest BCUT2D eigenvalue weighted by atomic mass is 9.86. The van der Waals surface area contributed by atoms with Crippen LogP contribution in [0.4, 0.5) is 0 Å². The van der Waals surface area contributed by atoms with Gasteiger partial charge in [0, 0.05) is 12.5 Å². The second kappa shape index (κ2) is 7.07. The Morgan fingerprint density at radius 3 is 1.79 bits per heavy atom. The molecule has 2 N–H and O–H groups in total. The lowest BCUT2D eigenvalue weighted by molar-refractivity contribution is 0.159. The fraction of sp³-hybridized carbons (Fsp3) is 0.294. The van der Waals surface area contributed by atoms with E-state index < -0.39 is 0 Å². The van der Waals surface area contributed by atoms with Crippen molar-refractivity contribution in [3.8, 4) is 0 Å². The number of hydrogen-bond acceptors (Lipinski definition) is 2. The molecule has 2 heteroatoms. The molecular weight excluding hydrogens is 234 g/mol. The van der Waals surface area contributed by atoms with Gasteiger partial charge < -0.3 is 10.4 Å². The van der Waals surface area contributed by atoms with Gasteiger partial charge >= 0.3 is 0 Å². The Morgan fingerprint density at radius 2 is 1.37 bits per heavy atom. The first-order valence-electron chi connectivity index (χ1n) is 6.74. The summed E-state index contributed by atoms with van der Waals surface area (Å²) in [7, 11) is 1.86. The zero-order valence-electron chi connectivity index (χ0n) is 11.3. The first-order valence-corrected chi connectivity index (χ1v) is 6.74. The maximum atomic E-state index is 10.1. The van der Waals surface area contributed by atoms with E-state index in [-0.39, 0.29) is 12.0 Å². The van der Waals surface area contributed by atoms with Crippen LogP contribution in [0.25, 0.3) is 0 Å². The predicted octanol–water partition coefficient (Wildman–Crippen LogP) is 2.79. The van der Waals surface area contributed by atoms with Gasteiger partial charge in [-0.2, -0.15) is 0 Å². The fourth-order valence-corrected chi connectivity index (χ4v) is 2.43. The summed E-state index contributed by atoms with van der Waals surface area (Å²) in [6.45, 7) is 0.621. The average Bonchev–Trinajstić information content (AvgIpc) is 2.47. The zero-order valence-corrected chi connectivity index (χ0v) is 11.3. The summed E-state index contributed by atoms with van der Waals surface area (Å²) in [6.07, 6.45) is 0.393. The van der Waals surface area contributed by atoms with Crippen LogP contribution in [0.2, 0.25) is 0 Å². The lowest BCUT2D eigenvalue weighted by Crippen LogP contribution is -2.25. The largest absolute Gasteiger partial charge is 0.392 e. The van der Waals surface area contributed by atoms with Crippen LogP contribution in [-0.4, -0.2) is 24.8 Å². The molecule has 0 fully saturated rings. The molecule has 100 valence electrons. The predicted molar refractivity (Wildman–Crippen MR) is 79.3 cm³/mol. The second-order valence-corrected chi connectivity index (χ2v) is 4.82. The van der Waals surface area contributed by atoms with Crippen molar-refractivity contribution >= 4 is 0 Å². The van der Waals surface area contributed by atoms with Crippen LogP contribution in [0.5, 0.6) is 0 Å². The monoisotopic (exact) mass is 255 g/mol. The van der Waals surface area contributed by atoms with Crippen molar-refractivity contribution in [3.05, 3.63) is 71.8 Å². The normalized spacial score (nSPS) is 12.6. The second-order valence-electron chi connectivity index (χ2n) is 4.82. The van der Waals surface area contributed by atoms with Gasteiger partial charge in [0.2, 0.25) is 0 Å². The molecule has 2 aromatic rings. The number of nitrogens with one attached hydrogen (secondary N) is 1. The molecule has 0 spiro atoms.